The van der Waals surface area contributed by atoms with E-state index >= 15 is 0 Å². The monoisotopic (exact) mass is 358 g/mol. The molecule has 1 fully saturated rings. The van der Waals surface area contributed by atoms with Crippen LogP contribution in [0.3, 0.4) is 0 Å². The van der Waals surface area contributed by atoms with Crippen molar-refractivity contribution >= 4 is 22.9 Å². The number of rotatable bonds is 5. The summed E-state index contributed by atoms with van der Waals surface area (Å²) in [5.74, 6) is -0.151. The van der Waals surface area contributed by atoms with Gasteiger partial charge in [-0.05, 0) is 48.6 Å². The maximum atomic E-state index is 12.9. The molecule has 6 nitrogen and oxygen atoms in total. The first-order chi connectivity index (χ1) is 12.1. The number of hydrogen-bond donors (Lipinski definition) is 1. The van der Waals surface area contributed by atoms with E-state index in [1.807, 2.05) is 17.5 Å². The Labute approximate surface area is 146 Å². The van der Waals surface area contributed by atoms with Gasteiger partial charge >= 0.3 is 5.69 Å². The summed E-state index contributed by atoms with van der Waals surface area (Å²) in [7, 11) is 0. The van der Waals surface area contributed by atoms with Gasteiger partial charge in [0.05, 0.1) is 4.88 Å². The summed E-state index contributed by atoms with van der Waals surface area (Å²) >= 11 is 1.51. The second-order valence-electron chi connectivity index (χ2n) is 5.90. The highest BCUT2D eigenvalue weighted by molar-refractivity contribution is 7.13. The molecule has 4 rings (SSSR count). The lowest BCUT2D eigenvalue weighted by Crippen LogP contribution is -2.30. The molecule has 3 aromatic rings. The lowest BCUT2D eigenvalue weighted by atomic mass is 10.3. The van der Waals surface area contributed by atoms with Crippen LogP contribution >= 0.6 is 11.3 Å². The van der Waals surface area contributed by atoms with Crippen molar-refractivity contribution in [2.45, 2.75) is 25.4 Å². The zero-order valence-corrected chi connectivity index (χ0v) is 14.0. The lowest BCUT2D eigenvalue weighted by molar-refractivity contribution is -0.117. The molecule has 2 aromatic heterocycles. The molecule has 0 aliphatic heterocycles. The molecule has 1 aliphatic carbocycles. The summed E-state index contributed by atoms with van der Waals surface area (Å²) in [6, 6.07) is 9.44. The van der Waals surface area contributed by atoms with Gasteiger partial charge in [0.25, 0.3) is 0 Å². The minimum atomic E-state index is -0.383. The quantitative estimate of drug-likeness (QED) is 0.762. The molecule has 0 bridgehead atoms. The Morgan fingerprint density at radius 1 is 1.28 bits per heavy atom. The molecule has 8 heteroatoms. The van der Waals surface area contributed by atoms with Crippen LogP contribution < -0.4 is 11.0 Å². The molecule has 0 saturated heterocycles. The summed E-state index contributed by atoms with van der Waals surface area (Å²) in [5, 5.41) is 8.93. The number of benzene rings is 1. The Hall–Kier alpha value is -2.74. The predicted molar refractivity (Wildman–Crippen MR) is 93.1 cm³/mol. The van der Waals surface area contributed by atoms with E-state index in [1.165, 1.54) is 40.3 Å². The number of hydrogen-bond acceptors (Lipinski definition) is 4. The van der Waals surface area contributed by atoms with Crippen molar-refractivity contribution in [1.29, 1.82) is 0 Å². The summed E-state index contributed by atoms with van der Waals surface area (Å²) < 4.78 is 15.8. The van der Waals surface area contributed by atoms with Gasteiger partial charge in [0, 0.05) is 11.7 Å². The van der Waals surface area contributed by atoms with Gasteiger partial charge in [-0.15, -0.1) is 16.4 Å². The highest BCUT2D eigenvalue weighted by Crippen LogP contribution is 2.37. The number of nitrogens with one attached hydrogen (secondary N) is 1. The van der Waals surface area contributed by atoms with Crippen molar-refractivity contribution < 1.29 is 9.18 Å². The first-order valence-electron chi connectivity index (χ1n) is 7.90. The van der Waals surface area contributed by atoms with E-state index in [4.69, 9.17) is 0 Å². The second-order valence-corrected chi connectivity index (χ2v) is 6.85. The molecule has 1 aromatic carbocycles. The number of amides is 1. The molecule has 1 aliphatic rings. The molecule has 0 atom stereocenters. The van der Waals surface area contributed by atoms with Gasteiger partial charge in [0.2, 0.25) is 5.91 Å². The van der Waals surface area contributed by atoms with E-state index in [0.717, 1.165) is 17.7 Å². The van der Waals surface area contributed by atoms with Crippen LogP contribution in [0.4, 0.5) is 10.1 Å². The molecule has 25 heavy (non-hydrogen) atoms. The van der Waals surface area contributed by atoms with Crippen molar-refractivity contribution in [2.75, 3.05) is 5.32 Å². The number of thiophene rings is 1. The minimum absolute atomic E-state index is 0.165. The van der Waals surface area contributed by atoms with Crippen LogP contribution in [-0.2, 0) is 11.3 Å². The van der Waals surface area contributed by atoms with Crippen LogP contribution in [0, 0.1) is 5.82 Å². The SMILES string of the molecule is O=C(Cn1nc(-c2cccs2)n(C2CC2)c1=O)Nc1ccc(F)cc1. The van der Waals surface area contributed by atoms with E-state index in [1.54, 1.807) is 4.57 Å². The van der Waals surface area contributed by atoms with Crippen LogP contribution in [0.25, 0.3) is 10.7 Å². The van der Waals surface area contributed by atoms with Crippen molar-refractivity contribution in [2.24, 2.45) is 0 Å². The fourth-order valence-electron chi connectivity index (χ4n) is 2.63. The normalized spacial score (nSPS) is 13.8. The van der Waals surface area contributed by atoms with E-state index in [0.29, 0.717) is 11.5 Å². The molecule has 1 saturated carbocycles. The van der Waals surface area contributed by atoms with Crippen LogP contribution in [0.2, 0.25) is 0 Å². The van der Waals surface area contributed by atoms with Crippen molar-refractivity contribution in [1.82, 2.24) is 14.3 Å². The van der Waals surface area contributed by atoms with Crippen molar-refractivity contribution in [3.8, 4) is 10.7 Å². The zero-order valence-electron chi connectivity index (χ0n) is 13.2. The van der Waals surface area contributed by atoms with Gasteiger partial charge in [-0.25, -0.2) is 13.9 Å². The molecule has 0 spiro atoms. The number of carbonyl (C=O) groups excluding carboxylic acids is 1. The molecule has 2 heterocycles. The highest BCUT2D eigenvalue weighted by Gasteiger charge is 2.31. The molecule has 1 amide bonds. The largest absolute Gasteiger partial charge is 0.346 e. The maximum Gasteiger partial charge on any atom is 0.346 e. The molecule has 0 unspecified atom stereocenters. The van der Waals surface area contributed by atoms with Gasteiger partial charge in [-0.2, -0.15) is 0 Å². The van der Waals surface area contributed by atoms with Crippen LogP contribution in [0.1, 0.15) is 18.9 Å². The number of anilines is 1. The second kappa shape index (κ2) is 6.29. The average Bonchev–Trinajstić information content (AvgIpc) is 3.17. The van der Waals surface area contributed by atoms with Crippen molar-refractivity contribution in [3.63, 3.8) is 0 Å². The van der Waals surface area contributed by atoms with E-state index < -0.39 is 0 Å². The Bertz CT molecular complexity index is 956. The third-order valence-corrected chi connectivity index (χ3v) is 4.81. The van der Waals surface area contributed by atoms with Crippen LogP contribution in [-0.4, -0.2) is 20.3 Å². The highest BCUT2D eigenvalue weighted by atomic mass is 32.1. The lowest BCUT2D eigenvalue weighted by Gasteiger charge is -2.04. The van der Waals surface area contributed by atoms with Crippen molar-refractivity contribution in [3.05, 3.63) is 58.1 Å². The minimum Gasteiger partial charge on any atom is -0.324 e. The number of halogens is 1. The molecular formula is C17H15FN4O2S. The van der Waals surface area contributed by atoms with E-state index in [2.05, 4.69) is 10.4 Å². The van der Waals surface area contributed by atoms with Crippen LogP contribution in [0.5, 0.6) is 0 Å². The fourth-order valence-corrected chi connectivity index (χ4v) is 3.33. The zero-order chi connectivity index (χ0) is 17.4. The summed E-state index contributed by atoms with van der Waals surface area (Å²) in [6.07, 6.45) is 1.90. The molecule has 1 N–H and O–H groups in total. The first kappa shape index (κ1) is 15.8. The maximum absolute atomic E-state index is 12.9. The molecular weight excluding hydrogens is 343 g/mol. The third-order valence-electron chi connectivity index (χ3n) is 3.95. The third kappa shape index (κ3) is 3.25. The van der Waals surface area contributed by atoms with Gasteiger partial charge in [0.15, 0.2) is 5.82 Å². The predicted octanol–water partition coefficient (Wildman–Crippen LogP) is 2.89. The molecule has 0 radical (unpaired) electrons. The summed E-state index contributed by atoms with van der Waals surface area (Å²) in [6.45, 7) is -0.186. The first-order valence-corrected chi connectivity index (χ1v) is 8.78. The van der Waals surface area contributed by atoms with Gasteiger partial charge in [0.1, 0.15) is 12.4 Å². The topological polar surface area (TPSA) is 68.9 Å². The Morgan fingerprint density at radius 3 is 2.68 bits per heavy atom. The van der Waals surface area contributed by atoms with Crippen LogP contribution in [0.15, 0.2) is 46.6 Å². The van der Waals surface area contributed by atoms with E-state index in [9.17, 15) is 14.0 Å². The Balaban J connectivity index is 1.58. The number of nitrogens with zero attached hydrogens (tertiary/aromatic N) is 3. The number of aromatic nitrogens is 3. The van der Waals surface area contributed by atoms with Gasteiger partial charge in [-0.3, -0.25) is 9.36 Å². The summed E-state index contributed by atoms with van der Waals surface area (Å²) in [4.78, 5) is 25.7. The standard InChI is InChI=1S/C17H15FN4O2S/c18-11-3-5-12(6-4-11)19-15(23)10-21-17(24)22(13-7-8-13)16(20-21)14-2-1-9-25-14/h1-6,9,13H,7-8,10H2,(H,19,23). The Morgan fingerprint density at radius 2 is 2.04 bits per heavy atom. The summed E-state index contributed by atoms with van der Waals surface area (Å²) in [5.41, 5.74) is 0.194. The van der Waals surface area contributed by atoms with Gasteiger partial charge in [-0.1, -0.05) is 6.07 Å². The van der Waals surface area contributed by atoms with E-state index in [-0.39, 0.29) is 30.0 Å². The average molecular weight is 358 g/mol. The Kier molecular flexibility index (Phi) is 3.96. The smallest absolute Gasteiger partial charge is 0.324 e. The molecule has 128 valence electrons. The fraction of sp³-hybridized carbons (Fsp3) is 0.235. The number of carbonyl (C=O) groups is 1. The van der Waals surface area contributed by atoms with Gasteiger partial charge < -0.3 is 5.32 Å².